The van der Waals surface area contributed by atoms with Gasteiger partial charge in [-0.3, -0.25) is 0 Å². The van der Waals surface area contributed by atoms with Crippen molar-refractivity contribution in [3.8, 4) is 0 Å². The summed E-state index contributed by atoms with van der Waals surface area (Å²) in [6.45, 7) is 10.2. The fourth-order valence-electron chi connectivity index (χ4n) is 3.15. The summed E-state index contributed by atoms with van der Waals surface area (Å²) in [5.41, 5.74) is 0.345. The molecule has 0 heterocycles. The van der Waals surface area contributed by atoms with Crippen molar-refractivity contribution in [1.29, 1.82) is 0 Å². The maximum Gasteiger partial charge on any atom is 0.0658 e. The molecule has 1 rings (SSSR count). The average molecular weight is 255 g/mol. The van der Waals surface area contributed by atoms with Crippen LogP contribution in [0.5, 0.6) is 0 Å². The van der Waals surface area contributed by atoms with E-state index >= 15 is 0 Å². The predicted molar refractivity (Wildman–Crippen MR) is 78.9 cm³/mol. The number of hydrogen-bond acceptors (Lipinski definition) is 2. The third kappa shape index (κ3) is 3.48. The van der Waals surface area contributed by atoms with E-state index in [2.05, 4.69) is 40.1 Å². The van der Waals surface area contributed by atoms with Crippen LogP contribution in [-0.2, 0) is 4.74 Å². The highest BCUT2D eigenvalue weighted by molar-refractivity contribution is 5.04. The lowest BCUT2D eigenvalue weighted by molar-refractivity contribution is -0.135. The highest BCUT2D eigenvalue weighted by atomic mass is 16.5. The van der Waals surface area contributed by atoms with E-state index in [1.54, 1.807) is 0 Å². The summed E-state index contributed by atoms with van der Waals surface area (Å²) in [6.07, 6.45) is 8.09. The maximum atomic E-state index is 6.23. The van der Waals surface area contributed by atoms with Gasteiger partial charge in [-0.05, 0) is 32.2 Å². The topological polar surface area (TPSA) is 21.3 Å². The van der Waals surface area contributed by atoms with E-state index in [4.69, 9.17) is 4.74 Å². The molecule has 1 saturated carbocycles. The Kier molecular flexibility index (Phi) is 6.65. The number of nitrogens with one attached hydrogen (secondary N) is 1. The van der Waals surface area contributed by atoms with Gasteiger partial charge in [0.25, 0.3) is 0 Å². The smallest absolute Gasteiger partial charge is 0.0658 e. The molecule has 1 fully saturated rings. The van der Waals surface area contributed by atoms with Crippen molar-refractivity contribution in [1.82, 2.24) is 5.32 Å². The molecule has 0 aromatic carbocycles. The van der Waals surface area contributed by atoms with Gasteiger partial charge < -0.3 is 10.1 Å². The first-order chi connectivity index (χ1) is 8.62. The summed E-state index contributed by atoms with van der Waals surface area (Å²) >= 11 is 0. The number of rotatable bonds is 9. The van der Waals surface area contributed by atoms with E-state index in [-0.39, 0.29) is 0 Å². The first kappa shape index (κ1) is 16.0. The summed E-state index contributed by atoms with van der Waals surface area (Å²) in [7, 11) is 2.07. The molecule has 18 heavy (non-hydrogen) atoms. The molecule has 4 unspecified atom stereocenters. The molecule has 0 aliphatic heterocycles. The van der Waals surface area contributed by atoms with Gasteiger partial charge in [0.15, 0.2) is 0 Å². The van der Waals surface area contributed by atoms with Crippen molar-refractivity contribution in [2.75, 3.05) is 13.7 Å². The number of hydrogen-bond donors (Lipinski definition) is 1. The summed E-state index contributed by atoms with van der Waals surface area (Å²) in [6, 6.07) is 0.642. The van der Waals surface area contributed by atoms with E-state index in [0.717, 1.165) is 12.5 Å². The molecule has 0 bridgehead atoms. The summed E-state index contributed by atoms with van der Waals surface area (Å²) in [4.78, 5) is 0. The molecular weight excluding hydrogens is 222 g/mol. The first-order valence-corrected chi connectivity index (χ1v) is 7.91. The minimum absolute atomic E-state index is 0.345. The van der Waals surface area contributed by atoms with Crippen LogP contribution in [0.3, 0.4) is 0 Å². The van der Waals surface area contributed by atoms with Gasteiger partial charge in [0.1, 0.15) is 0 Å². The van der Waals surface area contributed by atoms with Crippen LogP contribution < -0.4 is 5.32 Å². The minimum Gasteiger partial charge on any atom is -0.377 e. The average Bonchev–Trinajstić information content (AvgIpc) is 2.40. The van der Waals surface area contributed by atoms with Crippen molar-refractivity contribution in [2.24, 2.45) is 11.3 Å². The monoisotopic (exact) mass is 255 g/mol. The van der Waals surface area contributed by atoms with Gasteiger partial charge in [0, 0.05) is 18.1 Å². The largest absolute Gasteiger partial charge is 0.377 e. The molecule has 0 radical (unpaired) electrons. The molecule has 0 aromatic rings. The van der Waals surface area contributed by atoms with Crippen LogP contribution in [0.2, 0.25) is 0 Å². The van der Waals surface area contributed by atoms with Crippen LogP contribution in [-0.4, -0.2) is 25.8 Å². The van der Waals surface area contributed by atoms with Crippen LogP contribution in [0.4, 0.5) is 0 Å². The second-order valence-corrected chi connectivity index (χ2v) is 6.17. The van der Waals surface area contributed by atoms with Crippen molar-refractivity contribution in [3.05, 3.63) is 0 Å². The highest BCUT2D eigenvalue weighted by Gasteiger charge is 2.50. The lowest BCUT2D eigenvalue weighted by Crippen LogP contribution is -2.61. The van der Waals surface area contributed by atoms with E-state index in [9.17, 15) is 0 Å². The third-order valence-corrected chi connectivity index (χ3v) is 5.17. The Balaban J connectivity index is 2.35. The second-order valence-electron chi connectivity index (χ2n) is 6.17. The van der Waals surface area contributed by atoms with Gasteiger partial charge in [0.05, 0.1) is 6.10 Å². The van der Waals surface area contributed by atoms with Gasteiger partial charge >= 0.3 is 0 Å². The highest BCUT2D eigenvalue weighted by Crippen LogP contribution is 2.45. The van der Waals surface area contributed by atoms with Gasteiger partial charge in [0.2, 0.25) is 0 Å². The molecule has 1 N–H and O–H groups in total. The molecule has 0 saturated heterocycles. The molecule has 1 aliphatic carbocycles. The third-order valence-electron chi connectivity index (χ3n) is 5.17. The lowest BCUT2D eigenvalue weighted by Gasteiger charge is -2.53. The minimum atomic E-state index is 0.345. The SMILES string of the molecule is CCCCC(CC)COC1CC(NC)C1(C)CC. The van der Waals surface area contributed by atoms with Gasteiger partial charge in [-0.25, -0.2) is 0 Å². The fraction of sp³-hybridized carbons (Fsp3) is 1.00. The second kappa shape index (κ2) is 7.49. The molecule has 2 nitrogen and oxygen atoms in total. The molecule has 2 heteroatoms. The molecule has 4 atom stereocenters. The van der Waals surface area contributed by atoms with Crippen LogP contribution in [0.1, 0.15) is 66.2 Å². The Bertz CT molecular complexity index is 231. The van der Waals surface area contributed by atoms with Crippen LogP contribution in [0, 0.1) is 11.3 Å². The van der Waals surface area contributed by atoms with Crippen molar-refractivity contribution in [2.45, 2.75) is 78.4 Å². The van der Waals surface area contributed by atoms with Crippen molar-refractivity contribution in [3.63, 3.8) is 0 Å². The fourth-order valence-corrected chi connectivity index (χ4v) is 3.15. The Morgan fingerprint density at radius 1 is 1.33 bits per heavy atom. The van der Waals surface area contributed by atoms with Crippen molar-refractivity contribution >= 4 is 0 Å². The van der Waals surface area contributed by atoms with Crippen LogP contribution >= 0.6 is 0 Å². The van der Waals surface area contributed by atoms with Gasteiger partial charge in [-0.2, -0.15) is 0 Å². The number of unbranched alkanes of at least 4 members (excludes halogenated alkanes) is 1. The van der Waals surface area contributed by atoms with E-state index in [1.165, 1.54) is 38.5 Å². The lowest BCUT2D eigenvalue weighted by atomic mass is 9.61. The normalized spacial score (nSPS) is 33.2. The Labute approximate surface area is 114 Å². The molecule has 0 amide bonds. The molecular formula is C16H33NO. The van der Waals surface area contributed by atoms with Crippen LogP contribution in [0.15, 0.2) is 0 Å². The van der Waals surface area contributed by atoms with Gasteiger partial charge in [-0.15, -0.1) is 0 Å². The zero-order valence-electron chi connectivity index (χ0n) is 13.1. The van der Waals surface area contributed by atoms with E-state index in [1.807, 2.05) is 0 Å². The zero-order valence-corrected chi connectivity index (χ0v) is 13.1. The van der Waals surface area contributed by atoms with Crippen molar-refractivity contribution < 1.29 is 4.74 Å². The first-order valence-electron chi connectivity index (χ1n) is 7.91. The Morgan fingerprint density at radius 3 is 2.56 bits per heavy atom. The molecule has 108 valence electrons. The van der Waals surface area contributed by atoms with Crippen LogP contribution in [0.25, 0.3) is 0 Å². The quantitative estimate of drug-likeness (QED) is 0.672. The Hall–Kier alpha value is -0.0800. The summed E-state index contributed by atoms with van der Waals surface area (Å²) < 4.78 is 6.23. The molecule has 1 aliphatic rings. The summed E-state index contributed by atoms with van der Waals surface area (Å²) in [5, 5.41) is 3.43. The molecule has 0 aromatic heterocycles. The summed E-state index contributed by atoms with van der Waals surface area (Å²) in [5.74, 6) is 0.764. The maximum absolute atomic E-state index is 6.23. The standard InChI is InChI=1S/C16H33NO/c1-6-9-10-13(7-2)12-18-15-11-14(17-5)16(15,4)8-3/h13-15,17H,6-12H2,1-5H3. The number of ether oxygens (including phenoxy) is 1. The van der Waals surface area contributed by atoms with E-state index < -0.39 is 0 Å². The zero-order chi connectivity index (χ0) is 13.6. The Morgan fingerprint density at radius 2 is 2.06 bits per heavy atom. The van der Waals surface area contributed by atoms with Gasteiger partial charge in [-0.1, -0.05) is 47.0 Å². The molecule has 0 spiro atoms. The predicted octanol–water partition coefficient (Wildman–Crippen LogP) is 4.00. The van der Waals surface area contributed by atoms with E-state index in [0.29, 0.717) is 17.6 Å².